The normalized spacial score (nSPS) is 12.6. The van der Waals surface area contributed by atoms with E-state index in [0.29, 0.717) is 0 Å². The minimum Gasteiger partial charge on any atom is -0.313 e. The monoisotopic (exact) mass is 293 g/mol. The van der Waals surface area contributed by atoms with Crippen molar-refractivity contribution in [2.75, 3.05) is 7.05 Å². The molecule has 1 aromatic carbocycles. The largest absolute Gasteiger partial charge is 0.313 e. The number of aryl methyl sites for hydroxylation is 1. The van der Waals surface area contributed by atoms with Gasteiger partial charge < -0.3 is 5.32 Å². The zero-order valence-corrected chi connectivity index (χ0v) is 14.1. The molecule has 0 bridgehead atoms. The fourth-order valence-electron chi connectivity index (χ4n) is 2.87. The second-order valence-corrected chi connectivity index (χ2v) is 6.13. The minimum absolute atomic E-state index is 0.0838. The van der Waals surface area contributed by atoms with Gasteiger partial charge in [-0.2, -0.15) is 0 Å². The Balaban J connectivity index is 2.27. The molecule has 1 N–H and O–H groups in total. The van der Waals surface area contributed by atoms with E-state index in [1.54, 1.807) is 6.07 Å². The second-order valence-electron chi connectivity index (χ2n) is 6.13. The van der Waals surface area contributed by atoms with E-state index in [1.165, 1.54) is 51.4 Å². The number of hydrogen-bond acceptors (Lipinski definition) is 1. The molecule has 0 aliphatic rings. The Morgan fingerprint density at radius 3 is 2.24 bits per heavy atom. The van der Waals surface area contributed by atoms with E-state index in [9.17, 15) is 4.39 Å². The van der Waals surface area contributed by atoms with Gasteiger partial charge >= 0.3 is 0 Å². The predicted octanol–water partition coefficient (Wildman–Crippen LogP) is 5.93. The highest BCUT2D eigenvalue weighted by Crippen LogP contribution is 2.23. The lowest BCUT2D eigenvalue weighted by molar-refractivity contribution is 0.474. The van der Waals surface area contributed by atoms with Crippen LogP contribution in [0.5, 0.6) is 0 Å². The summed E-state index contributed by atoms with van der Waals surface area (Å²) in [7, 11) is 1.93. The molecule has 1 nitrogen and oxygen atoms in total. The zero-order valence-electron chi connectivity index (χ0n) is 14.1. The van der Waals surface area contributed by atoms with Gasteiger partial charge in [-0.25, -0.2) is 4.39 Å². The number of nitrogens with one attached hydrogen (secondary N) is 1. The van der Waals surface area contributed by atoms with Crippen molar-refractivity contribution in [1.29, 1.82) is 0 Å². The molecule has 2 heteroatoms. The first-order chi connectivity index (χ1) is 10.2. The van der Waals surface area contributed by atoms with Crippen molar-refractivity contribution >= 4 is 0 Å². The molecule has 0 heterocycles. The van der Waals surface area contributed by atoms with Crippen LogP contribution in [0.25, 0.3) is 0 Å². The average molecular weight is 293 g/mol. The van der Waals surface area contributed by atoms with Crippen LogP contribution in [0.15, 0.2) is 18.2 Å². The van der Waals surface area contributed by atoms with Crippen molar-refractivity contribution in [2.45, 2.75) is 77.7 Å². The molecule has 1 rings (SSSR count). The number of rotatable bonds is 11. The van der Waals surface area contributed by atoms with Crippen molar-refractivity contribution in [3.05, 3.63) is 35.1 Å². The summed E-state index contributed by atoms with van der Waals surface area (Å²) in [6.07, 6.45) is 11.6. The summed E-state index contributed by atoms with van der Waals surface area (Å²) < 4.78 is 13.9. The van der Waals surface area contributed by atoms with Gasteiger partial charge in [-0.3, -0.25) is 0 Å². The van der Waals surface area contributed by atoms with Gasteiger partial charge in [0, 0.05) is 11.6 Å². The lowest BCUT2D eigenvalue weighted by atomic mass is 9.98. The van der Waals surface area contributed by atoms with E-state index in [-0.39, 0.29) is 11.9 Å². The Kier molecular flexibility index (Phi) is 9.32. The van der Waals surface area contributed by atoms with Gasteiger partial charge in [0.15, 0.2) is 0 Å². The number of benzene rings is 1. The molecule has 0 radical (unpaired) electrons. The van der Waals surface area contributed by atoms with Gasteiger partial charge in [0.25, 0.3) is 0 Å². The summed E-state index contributed by atoms with van der Waals surface area (Å²) in [6, 6.07) is 5.54. The maximum absolute atomic E-state index is 13.9. The van der Waals surface area contributed by atoms with Crippen molar-refractivity contribution in [1.82, 2.24) is 5.32 Å². The van der Waals surface area contributed by atoms with Gasteiger partial charge in [0.05, 0.1) is 0 Å². The van der Waals surface area contributed by atoms with Crippen LogP contribution in [0.4, 0.5) is 4.39 Å². The lowest BCUT2D eigenvalue weighted by Gasteiger charge is -2.18. The minimum atomic E-state index is -0.0838. The summed E-state index contributed by atoms with van der Waals surface area (Å²) in [4.78, 5) is 0. The maximum Gasteiger partial charge on any atom is 0.127 e. The van der Waals surface area contributed by atoms with Gasteiger partial charge in [0.1, 0.15) is 5.82 Å². The molecular formula is C19H32FN. The molecule has 120 valence electrons. The van der Waals surface area contributed by atoms with Crippen LogP contribution in [0.1, 0.15) is 81.9 Å². The highest BCUT2D eigenvalue weighted by molar-refractivity contribution is 5.26. The molecule has 21 heavy (non-hydrogen) atoms. The Morgan fingerprint density at radius 1 is 1.00 bits per heavy atom. The predicted molar refractivity (Wildman–Crippen MR) is 90.2 cm³/mol. The van der Waals surface area contributed by atoms with Crippen molar-refractivity contribution < 1.29 is 4.39 Å². The molecule has 0 amide bonds. The van der Waals surface area contributed by atoms with Gasteiger partial charge in [-0.15, -0.1) is 0 Å². The van der Waals surface area contributed by atoms with Crippen molar-refractivity contribution in [2.24, 2.45) is 0 Å². The molecule has 1 atom stereocenters. The second kappa shape index (κ2) is 10.8. The summed E-state index contributed by atoms with van der Waals surface area (Å²) in [5.41, 5.74) is 1.95. The van der Waals surface area contributed by atoms with E-state index < -0.39 is 0 Å². The number of halogens is 1. The first kappa shape index (κ1) is 18.2. The van der Waals surface area contributed by atoms with Crippen LogP contribution >= 0.6 is 0 Å². The van der Waals surface area contributed by atoms with E-state index >= 15 is 0 Å². The van der Waals surface area contributed by atoms with Crippen LogP contribution in [-0.2, 0) is 0 Å². The molecule has 0 fully saturated rings. The average Bonchev–Trinajstić information content (AvgIpc) is 2.49. The van der Waals surface area contributed by atoms with Crippen LogP contribution in [0.2, 0.25) is 0 Å². The molecule has 1 unspecified atom stereocenters. The standard InChI is InChI=1S/C19H32FN/c1-4-5-6-7-8-9-10-11-12-19(21-3)17-15-16(2)13-14-18(17)20/h13-15,19,21H,4-12H2,1-3H3. The number of unbranched alkanes of at least 4 members (excludes halogenated alkanes) is 7. The van der Waals surface area contributed by atoms with Crippen LogP contribution in [0.3, 0.4) is 0 Å². The summed E-state index contributed by atoms with van der Waals surface area (Å²) >= 11 is 0. The van der Waals surface area contributed by atoms with Crippen molar-refractivity contribution in [3.8, 4) is 0 Å². The third-order valence-corrected chi connectivity index (χ3v) is 4.22. The third-order valence-electron chi connectivity index (χ3n) is 4.22. The quantitative estimate of drug-likeness (QED) is 0.499. The Hall–Kier alpha value is -0.890. The molecule has 1 aromatic rings. The summed E-state index contributed by atoms with van der Waals surface area (Å²) in [5, 5.41) is 3.27. The molecule has 0 aliphatic carbocycles. The SMILES string of the molecule is CCCCCCCCCCC(NC)c1cc(C)ccc1F. The van der Waals surface area contributed by atoms with Crippen LogP contribution < -0.4 is 5.32 Å². The van der Waals surface area contributed by atoms with E-state index in [1.807, 2.05) is 26.1 Å². The van der Waals surface area contributed by atoms with Crippen LogP contribution in [-0.4, -0.2) is 7.05 Å². The zero-order chi connectivity index (χ0) is 15.5. The first-order valence-electron chi connectivity index (χ1n) is 8.62. The highest BCUT2D eigenvalue weighted by atomic mass is 19.1. The van der Waals surface area contributed by atoms with Crippen LogP contribution in [0, 0.1) is 12.7 Å². The molecular weight excluding hydrogens is 261 g/mol. The topological polar surface area (TPSA) is 12.0 Å². The summed E-state index contributed by atoms with van der Waals surface area (Å²) in [5.74, 6) is -0.0838. The molecule has 0 spiro atoms. The molecule has 0 aromatic heterocycles. The van der Waals surface area contributed by atoms with E-state index in [4.69, 9.17) is 0 Å². The van der Waals surface area contributed by atoms with Gasteiger partial charge in [0.2, 0.25) is 0 Å². The third kappa shape index (κ3) is 7.08. The number of hydrogen-bond donors (Lipinski definition) is 1. The molecule has 0 aliphatic heterocycles. The Morgan fingerprint density at radius 2 is 1.62 bits per heavy atom. The van der Waals surface area contributed by atoms with E-state index in [0.717, 1.165) is 17.5 Å². The highest BCUT2D eigenvalue weighted by Gasteiger charge is 2.13. The Bertz CT molecular complexity index is 389. The van der Waals surface area contributed by atoms with E-state index in [2.05, 4.69) is 12.2 Å². The van der Waals surface area contributed by atoms with Gasteiger partial charge in [-0.05, 0) is 26.5 Å². The smallest absolute Gasteiger partial charge is 0.127 e. The molecule has 0 saturated heterocycles. The van der Waals surface area contributed by atoms with Crippen molar-refractivity contribution in [3.63, 3.8) is 0 Å². The summed E-state index contributed by atoms with van der Waals surface area (Å²) in [6.45, 7) is 4.27. The maximum atomic E-state index is 13.9. The first-order valence-corrected chi connectivity index (χ1v) is 8.62. The van der Waals surface area contributed by atoms with Gasteiger partial charge in [-0.1, -0.05) is 76.0 Å². The molecule has 0 saturated carbocycles. The Labute approximate surface area is 130 Å². The fraction of sp³-hybridized carbons (Fsp3) is 0.684. The lowest BCUT2D eigenvalue weighted by Crippen LogP contribution is -2.17. The fourth-order valence-corrected chi connectivity index (χ4v) is 2.87.